The monoisotopic (exact) mass is 615 g/mol. The van der Waals surface area contributed by atoms with Gasteiger partial charge in [0.1, 0.15) is 18.1 Å². The lowest BCUT2D eigenvalue weighted by atomic mass is 10.1. The lowest BCUT2D eigenvalue weighted by molar-refractivity contribution is -0.149. The average Bonchev–Trinajstić information content (AvgIpc) is 3.42. The van der Waals surface area contributed by atoms with Gasteiger partial charge in [0.2, 0.25) is 0 Å². The highest BCUT2D eigenvalue weighted by Crippen LogP contribution is 2.26. The van der Waals surface area contributed by atoms with E-state index >= 15 is 0 Å². The zero-order chi connectivity index (χ0) is 29.9. The highest BCUT2D eigenvalue weighted by Gasteiger charge is 2.19. The van der Waals surface area contributed by atoms with Crippen LogP contribution in [0.2, 0.25) is 10.0 Å². The molecule has 0 heterocycles. The molecule has 1 N–H and O–H groups in total. The molecule has 10 heteroatoms. The Morgan fingerprint density at radius 2 is 1.57 bits per heavy atom. The molecular formula is C32H35Cl2NO7. The summed E-state index contributed by atoms with van der Waals surface area (Å²) < 4.78 is 22.7. The van der Waals surface area contributed by atoms with E-state index in [1.807, 2.05) is 18.2 Å². The number of aryl methyl sites for hydroxylation is 2. The van der Waals surface area contributed by atoms with E-state index in [4.69, 9.17) is 42.1 Å². The molecule has 1 aliphatic carbocycles. The van der Waals surface area contributed by atoms with Gasteiger partial charge in [-0.3, -0.25) is 0 Å². The second kappa shape index (κ2) is 15.8. The van der Waals surface area contributed by atoms with E-state index < -0.39 is 18.2 Å². The van der Waals surface area contributed by atoms with Crippen LogP contribution >= 0.6 is 23.2 Å². The van der Waals surface area contributed by atoms with Crippen LogP contribution in [-0.4, -0.2) is 61.1 Å². The van der Waals surface area contributed by atoms with Gasteiger partial charge in [0.15, 0.2) is 6.10 Å². The van der Waals surface area contributed by atoms with Crippen LogP contribution in [0.5, 0.6) is 11.5 Å². The van der Waals surface area contributed by atoms with Crippen molar-refractivity contribution in [2.24, 2.45) is 0 Å². The Hall–Kier alpha value is -3.30. The molecule has 0 bridgehead atoms. The summed E-state index contributed by atoms with van der Waals surface area (Å²) in [5, 5.41) is 10.4. The molecule has 1 atom stereocenters. The number of rotatable bonds is 15. The third-order valence-corrected chi connectivity index (χ3v) is 7.28. The Balaban J connectivity index is 1.32. The number of carboxylic acids is 1. The molecule has 0 aromatic heterocycles. The molecule has 8 nitrogen and oxygen atoms in total. The van der Waals surface area contributed by atoms with E-state index in [9.17, 15) is 14.7 Å². The van der Waals surface area contributed by atoms with Crippen molar-refractivity contribution in [3.8, 4) is 11.5 Å². The Bertz CT molecular complexity index is 1330. The molecule has 42 heavy (non-hydrogen) atoms. The summed E-state index contributed by atoms with van der Waals surface area (Å²) in [7, 11) is 0. The van der Waals surface area contributed by atoms with E-state index in [-0.39, 0.29) is 32.7 Å². The van der Waals surface area contributed by atoms with Crippen molar-refractivity contribution in [2.45, 2.75) is 45.3 Å². The van der Waals surface area contributed by atoms with Crippen molar-refractivity contribution in [1.29, 1.82) is 0 Å². The lowest BCUT2D eigenvalue weighted by Gasteiger charge is -2.22. The van der Waals surface area contributed by atoms with E-state index in [0.29, 0.717) is 34.8 Å². The summed E-state index contributed by atoms with van der Waals surface area (Å²) in [6.07, 6.45) is 2.02. The number of nitrogens with zero attached hydrogens (tertiary/aromatic N) is 1. The molecule has 0 saturated carbocycles. The Labute approximate surface area is 256 Å². The molecule has 0 fully saturated rings. The maximum absolute atomic E-state index is 13.2. The van der Waals surface area contributed by atoms with Gasteiger partial charge in [0.05, 0.1) is 19.8 Å². The van der Waals surface area contributed by atoms with Crippen LogP contribution in [0.25, 0.3) is 0 Å². The van der Waals surface area contributed by atoms with Crippen molar-refractivity contribution in [3.05, 3.63) is 93.0 Å². The van der Waals surface area contributed by atoms with Gasteiger partial charge in [-0.05, 0) is 90.9 Å². The fourth-order valence-electron chi connectivity index (χ4n) is 4.76. The number of carboxylic acid groups (broad SMARTS) is 1. The zero-order valence-electron chi connectivity index (χ0n) is 23.5. The van der Waals surface area contributed by atoms with E-state index in [0.717, 1.165) is 30.4 Å². The van der Waals surface area contributed by atoms with E-state index in [2.05, 4.69) is 0 Å². The number of amides is 1. The second-order valence-corrected chi connectivity index (χ2v) is 10.8. The summed E-state index contributed by atoms with van der Waals surface area (Å²) in [5.74, 6) is 0.121. The van der Waals surface area contributed by atoms with Gasteiger partial charge >= 0.3 is 12.1 Å². The Morgan fingerprint density at radius 1 is 0.881 bits per heavy atom. The van der Waals surface area contributed by atoms with E-state index in [1.54, 1.807) is 54.3 Å². The second-order valence-electron chi connectivity index (χ2n) is 9.95. The molecule has 1 unspecified atom stereocenters. The standard InChI is InChI=1S/C32H35Cl2NO7/c1-2-40-30(31(36)37)18-22-6-9-28(10-7-22)41-15-13-35(12-14-39-21-23-16-26(33)20-27(34)17-23)32(38)42-29-11-8-24-4-3-5-25(24)19-29/h6-11,16-17,19-20,30H,2-5,12-15,18,21H2,1H3,(H,36,37). The molecule has 0 saturated heterocycles. The number of hydrogen-bond acceptors (Lipinski definition) is 6. The molecule has 3 aromatic carbocycles. The molecule has 0 spiro atoms. The minimum atomic E-state index is -0.996. The third kappa shape index (κ3) is 9.63. The van der Waals surface area contributed by atoms with Gasteiger partial charge in [0.25, 0.3) is 0 Å². The molecule has 224 valence electrons. The first-order valence-corrected chi connectivity index (χ1v) is 14.7. The molecule has 1 aliphatic rings. The topological polar surface area (TPSA) is 94.5 Å². The summed E-state index contributed by atoms with van der Waals surface area (Å²) in [5.41, 5.74) is 4.18. The average molecular weight is 617 g/mol. The molecule has 1 amide bonds. The van der Waals surface area contributed by atoms with Gasteiger partial charge < -0.3 is 29.0 Å². The fraction of sp³-hybridized carbons (Fsp3) is 0.375. The third-order valence-electron chi connectivity index (χ3n) is 6.85. The van der Waals surface area contributed by atoms with Gasteiger partial charge in [-0.1, -0.05) is 41.4 Å². The van der Waals surface area contributed by atoms with Gasteiger partial charge in [-0.25, -0.2) is 9.59 Å². The molecule has 0 radical (unpaired) electrons. The van der Waals surface area contributed by atoms with Crippen molar-refractivity contribution >= 4 is 35.3 Å². The number of benzene rings is 3. The first kappa shape index (κ1) is 31.6. The number of halogens is 2. The summed E-state index contributed by atoms with van der Waals surface area (Å²) in [6, 6.07) is 18.2. The van der Waals surface area contributed by atoms with Crippen molar-refractivity contribution in [3.63, 3.8) is 0 Å². The number of ether oxygens (including phenoxy) is 4. The van der Waals surface area contributed by atoms with Crippen LogP contribution in [0.1, 0.15) is 35.6 Å². The van der Waals surface area contributed by atoms with Gasteiger partial charge in [-0.2, -0.15) is 0 Å². The first-order valence-electron chi connectivity index (χ1n) is 14.0. The number of fused-ring (bicyclic) bond motifs is 1. The molecule has 0 aliphatic heterocycles. The van der Waals surface area contributed by atoms with Crippen LogP contribution in [-0.2, 0) is 40.1 Å². The fourth-order valence-corrected chi connectivity index (χ4v) is 5.33. The van der Waals surface area contributed by atoms with Crippen molar-refractivity contribution in [2.75, 3.05) is 32.9 Å². The van der Waals surface area contributed by atoms with Crippen molar-refractivity contribution in [1.82, 2.24) is 4.90 Å². The predicted molar refractivity (Wildman–Crippen MR) is 161 cm³/mol. The first-order chi connectivity index (χ1) is 20.3. The SMILES string of the molecule is CCOC(Cc1ccc(OCCN(CCOCc2cc(Cl)cc(Cl)c2)C(=O)Oc2ccc3c(c2)CCC3)cc1)C(=O)O. The maximum atomic E-state index is 13.2. The summed E-state index contributed by atoms with van der Waals surface area (Å²) in [6.45, 7) is 3.42. The van der Waals surface area contributed by atoms with E-state index in [1.165, 1.54) is 11.1 Å². The normalized spacial score (nSPS) is 12.9. The van der Waals surface area contributed by atoms with Crippen LogP contribution in [0.3, 0.4) is 0 Å². The number of hydrogen-bond donors (Lipinski definition) is 1. The Kier molecular flexibility index (Phi) is 11.9. The molecule has 3 aromatic rings. The summed E-state index contributed by atoms with van der Waals surface area (Å²) >= 11 is 12.2. The highest BCUT2D eigenvalue weighted by atomic mass is 35.5. The lowest BCUT2D eigenvalue weighted by Crippen LogP contribution is -2.39. The highest BCUT2D eigenvalue weighted by molar-refractivity contribution is 6.34. The molecule has 4 rings (SSSR count). The van der Waals surface area contributed by atoms with Crippen molar-refractivity contribution < 1.29 is 33.6 Å². The quantitative estimate of drug-likeness (QED) is 0.192. The minimum absolute atomic E-state index is 0.221. The number of carbonyl (C=O) groups is 2. The smallest absolute Gasteiger partial charge is 0.415 e. The van der Waals surface area contributed by atoms with Gasteiger partial charge in [0, 0.05) is 29.6 Å². The largest absolute Gasteiger partial charge is 0.492 e. The minimum Gasteiger partial charge on any atom is -0.492 e. The van der Waals surface area contributed by atoms with Gasteiger partial charge in [-0.15, -0.1) is 0 Å². The van der Waals surface area contributed by atoms with Crippen LogP contribution in [0, 0.1) is 0 Å². The molecular weight excluding hydrogens is 581 g/mol. The number of aliphatic carboxylic acids is 1. The van der Waals surface area contributed by atoms with Crippen LogP contribution in [0.4, 0.5) is 4.79 Å². The number of carbonyl (C=O) groups excluding carboxylic acids is 1. The summed E-state index contributed by atoms with van der Waals surface area (Å²) in [4.78, 5) is 26.1. The van der Waals surface area contributed by atoms with Crippen LogP contribution < -0.4 is 9.47 Å². The predicted octanol–water partition coefficient (Wildman–Crippen LogP) is 6.61. The van der Waals surface area contributed by atoms with Crippen LogP contribution in [0.15, 0.2) is 60.7 Å². The zero-order valence-corrected chi connectivity index (χ0v) is 25.0. The Morgan fingerprint density at radius 3 is 2.29 bits per heavy atom. The maximum Gasteiger partial charge on any atom is 0.415 e.